The Morgan fingerprint density at radius 3 is 2.47 bits per heavy atom. The molecule has 9 heteroatoms. The SMILES string of the molecule is O=CC(=O)C1c2c(cc(F)c(F)c2C2CC3CC(C2)N3)CN1C1CCC(=O)NC1=O. The number of nitrogens with one attached hydrogen (secondary N) is 2. The van der Waals surface area contributed by atoms with Gasteiger partial charge in [-0.15, -0.1) is 0 Å². The first-order chi connectivity index (χ1) is 14.4. The van der Waals surface area contributed by atoms with Gasteiger partial charge < -0.3 is 5.32 Å². The fourth-order valence-corrected chi connectivity index (χ4v) is 5.68. The highest BCUT2D eigenvalue weighted by Crippen LogP contribution is 2.48. The Balaban J connectivity index is 1.60. The Hall–Kier alpha value is -2.52. The van der Waals surface area contributed by atoms with E-state index in [9.17, 15) is 23.6 Å². The van der Waals surface area contributed by atoms with Gasteiger partial charge in [0.1, 0.15) is 6.04 Å². The van der Waals surface area contributed by atoms with Crippen molar-refractivity contribution in [2.75, 3.05) is 0 Å². The molecule has 4 aliphatic heterocycles. The van der Waals surface area contributed by atoms with E-state index < -0.39 is 41.3 Å². The number of benzene rings is 1. The number of piperidine rings is 2. The van der Waals surface area contributed by atoms with Crippen molar-refractivity contribution >= 4 is 23.9 Å². The molecule has 7 nitrogen and oxygen atoms in total. The van der Waals surface area contributed by atoms with Crippen molar-refractivity contribution < 1.29 is 28.0 Å². The number of carbonyl (C=O) groups excluding carboxylic acids is 4. The van der Waals surface area contributed by atoms with Crippen LogP contribution in [0.4, 0.5) is 8.78 Å². The number of aldehydes is 1. The maximum absolute atomic E-state index is 15.1. The number of Topliss-reactive ketones (excluding diaryl/α,β-unsaturated/α-hetero) is 1. The lowest BCUT2D eigenvalue weighted by Crippen LogP contribution is -2.57. The first-order valence-electron chi connectivity index (χ1n) is 10.2. The van der Waals surface area contributed by atoms with E-state index in [0.29, 0.717) is 24.0 Å². The molecule has 4 fully saturated rings. The highest BCUT2D eigenvalue weighted by molar-refractivity contribution is 6.27. The highest BCUT2D eigenvalue weighted by atomic mass is 19.2. The zero-order chi connectivity index (χ0) is 21.2. The standard InChI is InChI=1S/C21H21F2N3O4/c22-13-5-10-7-26(14-1-2-16(29)25-21(14)30)20(15(28)8-27)18(10)17(19(13)23)9-3-11-6-12(4-9)24-11/h5,8-9,11-12,14,20,24H,1-4,6-7H2,(H,25,29,30). The third kappa shape index (κ3) is 2.91. The van der Waals surface area contributed by atoms with Gasteiger partial charge in [-0.1, -0.05) is 0 Å². The van der Waals surface area contributed by atoms with Gasteiger partial charge in [0, 0.05) is 25.0 Å². The van der Waals surface area contributed by atoms with E-state index in [-0.39, 0.29) is 49.2 Å². The zero-order valence-electron chi connectivity index (χ0n) is 16.1. The third-order valence-corrected chi connectivity index (χ3v) is 6.92. The predicted octanol–water partition coefficient (Wildman–Crippen LogP) is 1.00. The summed E-state index contributed by atoms with van der Waals surface area (Å²) in [5.74, 6) is -3.99. The van der Waals surface area contributed by atoms with Crippen molar-refractivity contribution in [2.45, 2.75) is 68.7 Å². The van der Waals surface area contributed by atoms with Crippen LogP contribution in [-0.2, 0) is 25.7 Å². The van der Waals surface area contributed by atoms with Gasteiger partial charge in [0.2, 0.25) is 17.6 Å². The molecule has 1 aliphatic carbocycles. The molecule has 4 heterocycles. The second-order valence-corrected chi connectivity index (χ2v) is 8.69. The first kappa shape index (κ1) is 19.4. The number of nitrogens with zero attached hydrogens (tertiary/aromatic N) is 1. The molecule has 0 radical (unpaired) electrons. The summed E-state index contributed by atoms with van der Waals surface area (Å²) in [7, 11) is 0. The van der Waals surface area contributed by atoms with Crippen molar-refractivity contribution in [3.8, 4) is 0 Å². The molecule has 2 amide bonds. The summed E-state index contributed by atoms with van der Waals surface area (Å²) in [6.45, 7) is 0.0356. The van der Waals surface area contributed by atoms with Crippen LogP contribution in [0.5, 0.6) is 0 Å². The second-order valence-electron chi connectivity index (χ2n) is 8.69. The first-order valence-corrected chi connectivity index (χ1v) is 10.2. The molecule has 6 rings (SSSR count). The van der Waals surface area contributed by atoms with E-state index in [1.54, 1.807) is 0 Å². The minimum atomic E-state index is -1.15. The Morgan fingerprint density at radius 1 is 1.13 bits per heavy atom. The van der Waals surface area contributed by atoms with Gasteiger partial charge in [-0.2, -0.15) is 0 Å². The molecule has 0 aromatic heterocycles. The lowest BCUT2D eigenvalue weighted by Gasteiger charge is -2.47. The fourth-order valence-electron chi connectivity index (χ4n) is 5.68. The molecule has 4 atom stereocenters. The molecule has 0 spiro atoms. The van der Waals surface area contributed by atoms with Crippen molar-refractivity contribution in [1.29, 1.82) is 0 Å². The van der Waals surface area contributed by atoms with E-state index in [2.05, 4.69) is 10.6 Å². The number of imide groups is 1. The third-order valence-electron chi connectivity index (χ3n) is 6.92. The van der Waals surface area contributed by atoms with Crippen LogP contribution in [0.3, 0.4) is 0 Å². The Labute approximate surface area is 171 Å². The number of hydrogen-bond donors (Lipinski definition) is 2. The number of halogens is 2. The topological polar surface area (TPSA) is 95.6 Å². The van der Waals surface area contributed by atoms with Crippen molar-refractivity contribution in [1.82, 2.24) is 15.5 Å². The van der Waals surface area contributed by atoms with E-state index in [1.165, 1.54) is 4.90 Å². The van der Waals surface area contributed by atoms with Gasteiger partial charge >= 0.3 is 0 Å². The zero-order valence-corrected chi connectivity index (χ0v) is 16.1. The van der Waals surface area contributed by atoms with E-state index >= 15 is 4.39 Å². The van der Waals surface area contributed by atoms with Crippen LogP contribution in [0, 0.1) is 11.6 Å². The van der Waals surface area contributed by atoms with Crippen LogP contribution < -0.4 is 10.6 Å². The van der Waals surface area contributed by atoms with Gasteiger partial charge in [0.05, 0.1) is 6.04 Å². The average molecular weight is 417 g/mol. The molecule has 2 N–H and O–H groups in total. The Bertz CT molecular complexity index is 965. The molecule has 1 aromatic rings. The molecule has 158 valence electrons. The Kier molecular flexibility index (Phi) is 4.55. The summed E-state index contributed by atoms with van der Waals surface area (Å²) in [4.78, 5) is 49.6. The summed E-state index contributed by atoms with van der Waals surface area (Å²) < 4.78 is 29.6. The molecule has 2 bridgehead atoms. The van der Waals surface area contributed by atoms with Crippen molar-refractivity contribution in [3.05, 3.63) is 34.4 Å². The number of rotatable bonds is 4. The largest absolute Gasteiger partial charge is 0.311 e. The highest BCUT2D eigenvalue weighted by Gasteiger charge is 2.48. The van der Waals surface area contributed by atoms with Crippen molar-refractivity contribution in [3.63, 3.8) is 0 Å². The summed E-state index contributed by atoms with van der Waals surface area (Å²) in [6.07, 6.45) is 2.70. The maximum Gasteiger partial charge on any atom is 0.243 e. The van der Waals surface area contributed by atoms with Crippen LogP contribution in [-0.4, -0.2) is 46.9 Å². The monoisotopic (exact) mass is 417 g/mol. The van der Waals surface area contributed by atoms with Gasteiger partial charge in [0.15, 0.2) is 17.9 Å². The number of fused-ring (bicyclic) bond motifs is 3. The van der Waals surface area contributed by atoms with Gasteiger partial charge in [-0.05, 0) is 54.4 Å². The minimum absolute atomic E-state index is 0.0356. The van der Waals surface area contributed by atoms with Crippen LogP contribution in [0.25, 0.3) is 0 Å². The van der Waals surface area contributed by atoms with Gasteiger partial charge in [0.25, 0.3) is 0 Å². The van der Waals surface area contributed by atoms with E-state index in [4.69, 9.17) is 0 Å². The van der Waals surface area contributed by atoms with Crippen LogP contribution >= 0.6 is 0 Å². The Morgan fingerprint density at radius 2 is 1.83 bits per heavy atom. The van der Waals surface area contributed by atoms with Crippen molar-refractivity contribution in [2.24, 2.45) is 0 Å². The lowest BCUT2D eigenvalue weighted by molar-refractivity contribution is -0.141. The van der Waals surface area contributed by atoms with Crippen LogP contribution in [0.2, 0.25) is 0 Å². The fraction of sp³-hybridized carbons (Fsp3) is 0.524. The normalized spacial score (nSPS) is 32.9. The minimum Gasteiger partial charge on any atom is -0.311 e. The predicted molar refractivity (Wildman–Crippen MR) is 99.2 cm³/mol. The summed E-state index contributed by atoms with van der Waals surface area (Å²) in [5.41, 5.74) is 0.902. The number of hydrogen-bond acceptors (Lipinski definition) is 6. The summed E-state index contributed by atoms with van der Waals surface area (Å²) in [5, 5.41) is 5.61. The molecule has 3 saturated heterocycles. The smallest absolute Gasteiger partial charge is 0.243 e. The summed E-state index contributed by atoms with van der Waals surface area (Å²) >= 11 is 0. The van der Waals surface area contributed by atoms with Crippen LogP contribution in [0.15, 0.2) is 6.07 Å². The molecular formula is C21H21F2N3O4. The number of ketones is 1. The van der Waals surface area contributed by atoms with Gasteiger partial charge in [-0.3, -0.25) is 29.4 Å². The lowest BCUT2D eigenvalue weighted by atomic mass is 9.71. The molecule has 1 saturated carbocycles. The maximum atomic E-state index is 15.1. The van der Waals surface area contributed by atoms with E-state index in [1.807, 2.05) is 0 Å². The summed E-state index contributed by atoms with van der Waals surface area (Å²) in [6, 6.07) is -0.450. The molecular weight excluding hydrogens is 396 g/mol. The van der Waals surface area contributed by atoms with Crippen LogP contribution in [0.1, 0.15) is 60.8 Å². The second kappa shape index (κ2) is 7.02. The van der Waals surface area contributed by atoms with E-state index in [0.717, 1.165) is 12.5 Å². The number of amides is 2. The molecule has 4 unspecified atom stereocenters. The number of carbonyl (C=O) groups is 4. The average Bonchev–Trinajstić information content (AvgIpc) is 3.06. The molecule has 30 heavy (non-hydrogen) atoms. The molecule has 1 aromatic carbocycles. The molecule has 5 aliphatic rings. The van der Waals surface area contributed by atoms with Gasteiger partial charge in [-0.25, -0.2) is 8.78 Å². The quantitative estimate of drug-likeness (QED) is 0.431.